The maximum Gasteiger partial charge on any atom is 0.411 e. The molecule has 0 aliphatic carbocycles. The van der Waals surface area contributed by atoms with Crippen LogP contribution < -0.4 is 5.32 Å². The molecule has 0 fully saturated rings. The van der Waals surface area contributed by atoms with Gasteiger partial charge in [-0.15, -0.1) is 0 Å². The van der Waals surface area contributed by atoms with Gasteiger partial charge >= 0.3 is 6.09 Å². The van der Waals surface area contributed by atoms with Crippen LogP contribution in [0.4, 0.5) is 10.5 Å². The van der Waals surface area contributed by atoms with E-state index >= 15 is 0 Å². The lowest BCUT2D eigenvalue weighted by molar-refractivity contribution is -0.129. The number of carbonyl (C=O) groups is 2. The summed E-state index contributed by atoms with van der Waals surface area (Å²) in [4.78, 5) is 24.3. The highest BCUT2D eigenvalue weighted by Gasteiger charge is 2.18. The van der Waals surface area contributed by atoms with Gasteiger partial charge in [0.15, 0.2) is 0 Å². The number of nitrogens with zero attached hydrogens (tertiary/aromatic N) is 1. The number of hydrogen-bond acceptors (Lipinski definition) is 3. The third-order valence-corrected chi connectivity index (χ3v) is 3.10. The molecule has 5 nitrogen and oxygen atoms in total. The largest absolute Gasteiger partial charge is 0.453 e. The summed E-state index contributed by atoms with van der Waals surface area (Å²) >= 11 is 0. The number of nitrogens with one attached hydrogen (secondary N) is 1. The molecule has 0 radical (unpaired) electrons. The summed E-state index contributed by atoms with van der Waals surface area (Å²) in [5.41, 5.74) is 2.99. The molecular weight excluding hydrogens is 232 g/mol. The smallest absolute Gasteiger partial charge is 0.411 e. The molecule has 0 unspecified atom stereocenters. The van der Waals surface area contributed by atoms with E-state index < -0.39 is 6.09 Å². The van der Waals surface area contributed by atoms with Gasteiger partial charge in [-0.05, 0) is 29.7 Å². The van der Waals surface area contributed by atoms with Crippen LogP contribution in [0.15, 0.2) is 18.2 Å². The fourth-order valence-electron chi connectivity index (χ4n) is 2.07. The first-order valence-electron chi connectivity index (χ1n) is 5.82. The van der Waals surface area contributed by atoms with Gasteiger partial charge in [0.25, 0.3) is 0 Å². The van der Waals surface area contributed by atoms with Gasteiger partial charge in [-0.3, -0.25) is 10.1 Å². The van der Waals surface area contributed by atoms with E-state index in [9.17, 15) is 9.59 Å². The van der Waals surface area contributed by atoms with Crippen molar-refractivity contribution in [2.45, 2.75) is 19.9 Å². The number of carbonyl (C=O) groups excluding carboxylic acids is 2. The predicted octanol–water partition coefficient (Wildman–Crippen LogP) is 1.77. The van der Waals surface area contributed by atoms with Crippen molar-refractivity contribution in [3.63, 3.8) is 0 Å². The Bertz CT molecular complexity index is 485. The number of benzene rings is 1. The van der Waals surface area contributed by atoms with Gasteiger partial charge < -0.3 is 9.64 Å². The molecule has 0 atom stereocenters. The van der Waals surface area contributed by atoms with E-state index in [0.717, 1.165) is 18.5 Å². The molecule has 0 saturated heterocycles. The van der Waals surface area contributed by atoms with E-state index in [0.29, 0.717) is 12.2 Å². The topological polar surface area (TPSA) is 58.6 Å². The van der Waals surface area contributed by atoms with E-state index in [1.165, 1.54) is 12.7 Å². The molecule has 96 valence electrons. The zero-order chi connectivity index (χ0) is 13.1. The number of hydrogen-bond donors (Lipinski definition) is 1. The highest BCUT2D eigenvalue weighted by molar-refractivity contribution is 5.84. The summed E-state index contributed by atoms with van der Waals surface area (Å²) in [6.45, 7) is 2.93. The Labute approximate surface area is 106 Å². The molecule has 0 saturated carbocycles. The van der Waals surface area contributed by atoms with Crippen molar-refractivity contribution in [1.29, 1.82) is 0 Å². The van der Waals surface area contributed by atoms with Gasteiger partial charge in [-0.1, -0.05) is 6.07 Å². The standard InChI is InChI=1S/C13H16N2O3/c1-9(16)15-6-5-10-3-4-12(7-11(10)8-15)14-13(17)18-2/h3-4,7H,5-6,8H2,1-2H3,(H,14,17). The Morgan fingerprint density at radius 2 is 2.11 bits per heavy atom. The normalized spacial score (nSPS) is 13.8. The number of ether oxygens (including phenoxy) is 1. The van der Waals surface area contributed by atoms with Crippen molar-refractivity contribution in [3.05, 3.63) is 29.3 Å². The van der Waals surface area contributed by atoms with Crippen LogP contribution in [0.2, 0.25) is 0 Å². The summed E-state index contributed by atoms with van der Waals surface area (Å²) in [6, 6.07) is 5.72. The molecule has 0 aromatic heterocycles. The lowest BCUT2D eigenvalue weighted by atomic mass is 9.99. The SMILES string of the molecule is COC(=O)Nc1ccc2c(c1)CN(C(C)=O)CC2. The summed E-state index contributed by atoms with van der Waals surface area (Å²) < 4.78 is 4.54. The average molecular weight is 248 g/mol. The van der Waals surface area contributed by atoms with Crippen LogP contribution in [0.1, 0.15) is 18.1 Å². The quantitative estimate of drug-likeness (QED) is 0.824. The average Bonchev–Trinajstić information content (AvgIpc) is 2.37. The zero-order valence-corrected chi connectivity index (χ0v) is 10.5. The Morgan fingerprint density at radius 3 is 2.78 bits per heavy atom. The molecular formula is C13H16N2O3. The van der Waals surface area contributed by atoms with Crippen molar-refractivity contribution < 1.29 is 14.3 Å². The lowest BCUT2D eigenvalue weighted by Gasteiger charge is -2.28. The highest BCUT2D eigenvalue weighted by Crippen LogP contribution is 2.22. The molecule has 0 bridgehead atoms. The van der Waals surface area contributed by atoms with Crippen molar-refractivity contribution in [1.82, 2.24) is 4.90 Å². The third-order valence-electron chi connectivity index (χ3n) is 3.10. The van der Waals surface area contributed by atoms with E-state index in [1.807, 2.05) is 18.2 Å². The third kappa shape index (κ3) is 2.61. The summed E-state index contributed by atoms with van der Waals surface area (Å²) in [5.74, 6) is 0.0759. The molecule has 1 aromatic carbocycles. The summed E-state index contributed by atoms with van der Waals surface area (Å²) in [6.07, 6.45) is 0.363. The molecule has 1 heterocycles. The van der Waals surface area contributed by atoms with Crippen LogP contribution in [-0.4, -0.2) is 30.6 Å². The first-order valence-corrected chi connectivity index (χ1v) is 5.82. The minimum Gasteiger partial charge on any atom is -0.453 e. The van der Waals surface area contributed by atoms with E-state index in [-0.39, 0.29) is 5.91 Å². The van der Waals surface area contributed by atoms with Gasteiger partial charge in [-0.25, -0.2) is 4.79 Å². The first kappa shape index (κ1) is 12.4. The maximum atomic E-state index is 11.4. The molecule has 5 heteroatoms. The van der Waals surface area contributed by atoms with Gasteiger partial charge in [-0.2, -0.15) is 0 Å². The van der Waals surface area contributed by atoms with Gasteiger partial charge in [0.05, 0.1) is 7.11 Å². The fourth-order valence-corrected chi connectivity index (χ4v) is 2.07. The predicted molar refractivity (Wildman–Crippen MR) is 67.3 cm³/mol. The molecule has 1 aliphatic heterocycles. The number of amides is 2. The molecule has 1 N–H and O–H groups in total. The Hall–Kier alpha value is -2.04. The van der Waals surface area contributed by atoms with Crippen LogP contribution in [0.5, 0.6) is 0 Å². The molecule has 18 heavy (non-hydrogen) atoms. The number of rotatable bonds is 1. The second-order valence-corrected chi connectivity index (χ2v) is 4.29. The van der Waals surface area contributed by atoms with Crippen molar-refractivity contribution >= 4 is 17.7 Å². The molecule has 1 aliphatic rings. The van der Waals surface area contributed by atoms with E-state index in [2.05, 4.69) is 10.1 Å². The van der Waals surface area contributed by atoms with Crippen molar-refractivity contribution in [2.75, 3.05) is 19.0 Å². The fraction of sp³-hybridized carbons (Fsp3) is 0.385. The van der Waals surface area contributed by atoms with Crippen LogP contribution in [0.25, 0.3) is 0 Å². The van der Waals surface area contributed by atoms with Crippen LogP contribution in [0.3, 0.4) is 0 Å². The van der Waals surface area contributed by atoms with Crippen LogP contribution >= 0.6 is 0 Å². The van der Waals surface area contributed by atoms with Gasteiger partial charge in [0, 0.05) is 25.7 Å². The minimum absolute atomic E-state index is 0.0759. The lowest BCUT2D eigenvalue weighted by Crippen LogP contribution is -2.34. The minimum atomic E-state index is -0.491. The molecule has 0 spiro atoms. The van der Waals surface area contributed by atoms with E-state index in [4.69, 9.17) is 0 Å². The number of methoxy groups -OCH3 is 1. The van der Waals surface area contributed by atoms with E-state index in [1.54, 1.807) is 11.8 Å². The Morgan fingerprint density at radius 1 is 1.33 bits per heavy atom. The summed E-state index contributed by atoms with van der Waals surface area (Å²) in [5, 5.41) is 2.62. The maximum absolute atomic E-state index is 11.4. The summed E-state index contributed by atoms with van der Waals surface area (Å²) in [7, 11) is 1.32. The highest BCUT2D eigenvalue weighted by atomic mass is 16.5. The second kappa shape index (κ2) is 5.08. The Balaban J connectivity index is 2.18. The number of anilines is 1. The van der Waals surface area contributed by atoms with Gasteiger partial charge in [0.1, 0.15) is 0 Å². The monoisotopic (exact) mass is 248 g/mol. The van der Waals surface area contributed by atoms with Crippen molar-refractivity contribution in [3.8, 4) is 0 Å². The van der Waals surface area contributed by atoms with Crippen LogP contribution in [-0.2, 0) is 22.5 Å². The van der Waals surface area contributed by atoms with Crippen molar-refractivity contribution in [2.24, 2.45) is 0 Å². The molecule has 2 amide bonds. The number of fused-ring (bicyclic) bond motifs is 1. The molecule has 1 aromatic rings. The Kier molecular flexibility index (Phi) is 3.50. The zero-order valence-electron chi connectivity index (χ0n) is 10.5. The van der Waals surface area contributed by atoms with Crippen LogP contribution in [0, 0.1) is 0 Å². The second-order valence-electron chi connectivity index (χ2n) is 4.29. The van der Waals surface area contributed by atoms with Gasteiger partial charge in [0.2, 0.25) is 5.91 Å². The molecule has 2 rings (SSSR count). The first-order chi connectivity index (χ1) is 8.60.